The van der Waals surface area contributed by atoms with Crippen LogP contribution in [-0.4, -0.2) is 96.8 Å². The van der Waals surface area contributed by atoms with Crippen LogP contribution >= 0.6 is 11.8 Å². The maximum Gasteiger partial charge on any atom is 0.271 e. The van der Waals surface area contributed by atoms with Crippen LogP contribution in [0.25, 0.3) is 11.4 Å². The van der Waals surface area contributed by atoms with Crippen LogP contribution in [0.2, 0.25) is 0 Å². The van der Waals surface area contributed by atoms with Crippen molar-refractivity contribution in [3.63, 3.8) is 0 Å². The van der Waals surface area contributed by atoms with Crippen molar-refractivity contribution in [2.24, 2.45) is 0 Å². The number of aromatic nitrogens is 4. The summed E-state index contributed by atoms with van der Waals surface area (Å²) in [5.41, 5.74) is 0.923. The second-order valence-electron chi connectivity index (χ2n) is 10.8. The van der Waals surface area contributed by atoms with Gasteiger partial charge in [0.05, 0.1) is 23.6 Å². The fourth-order valence-corrected chi connectivity index (χ4v) is 5.63. The minimum atomic E-state index is -1.74. The zero-order chi connectivity index (χ0) is 33.3. The predicted molar refractivity (Wildman–Crippen MR) is 173 cm³/mol. The number of aliphatic hydroxyl groups excluding tert-OH is 1. The number of carbonyl (C=O) groups is 3. The molecule has 1 fully saturated rings. The SMILES string of the molecule is CSCC[C@H]1COCN1C(=O)c1cc(C(=O)N[C@@H](Cc2ccccc2)[C@H](O)C(=O)Nc2cccc(-c3nn[nH]n3)c2)cc([N+](=O)[O-])c1. The van der Waals surface area contributed by atoms with Gasteiger partial charge in [-0.1, -0.05) is 42.5 Å². The van der Waals surface area contributed by atoms with Crippen LogP contribution in [0.4, 0.5) is 11.4 Å². The number of hydrogen-bond donors (Lipinski definition) is 4. The minimum absolute atomic E-state index is 0.0283. The van der Waals surface area contributed by atoms with Crippen molar-refractivity contribution >= 4 is 40.9 Å². The first-order chi connectivity index (χ1) is 22.7. The second kappa shape index (κ2) is 15.4. The Morgan fingerprint density at radius 1 is 1.13 bits per heavy atom. The van der Waals surface area contributed by atoms with Gasteiger partial charge in [0, 0.05) is 34.5 Å². The van der Waals surface area contributed by atoms with E-state index in [0.29, 0.717) is 35.7 Å². The number of thioether (sulfide) groups is 1. The van der Waals surface area contributed by atoms with E-state index >= 15 is 0 Å². The Bertz CT molecular complexity index is 1720. The van der Waals surface area contributed by atoms with Crippen molar-refractivity contribution < 1.29 is 29.2 Å². The Morgan fingerprint density at radius 3 is 2.64 bits per heavy atom. The highest BCUT2D eigenvalue weighted by Crippen LogP contribution is 2.24. The zero-order valence-electron chi connectivity index (χ0n) is 25.2. The first-order valence-corrected chi connectivity index (χ1v) is 16.0. The molecule has 15 nitrogen and oxygen atoms in total. The monoisotopic (exact) mass is 660 g/mol. The molecule has 5 rings (SSSR count). The van der Waals surface area contributed by atoms with Crippen molar-refractivity contribution in [2.45, 2.75) is 31.0 Å². The van der Waals surface area contributed by atoms with Crippen molar-refractivity contribution in [1.29, 1.82) is 0 Å². The molecule has 3 atom stereocenters. The number of nitro groups is 1. The van der Waals surface area contributed by atoms with Crippen LogP contribution in [-0.2, 0) is 16.0 Å². The highest BCUT2D eigenvalue weighted by atomic mass is 32.2. The number of benzene rings is 3. The van der Waals surface area contributed by atoms with Crippen LogP contribution < -0.4 is 10.6 Å². The smallest absolute Gasteiger partial charge is 0.271 e. The lowest BCUT2D eigenvalue weighted by molar-refractivity contribution is -0.384. The number of carbonyl (C=O) groups excluding carboxylic acids is 3. The van der Waals surface area contributed by atoms with E-state index < -0.39 is 40.5 Å². The van der Waals surface area contributed by atoms with E-state index in [0.717, 1.165) is 17.9 Å². The quantitative estimate of drug-likeness (QED) is 0.121. The summed E-state index contributed by atoms with van der Waals surface area (Å²) >= 11 is 1.63. The summed E-state index contributed by atoms with van der Waals surface area (Å²) in [5, 5.41) is 42.1. The van der Waals surface area contributed by atoms with Gasteiger partial charge >= 0.3 is 0 Å². The van der Waals surface area contributed by atoms with Gasteiger partial charge in [0.1, 0.15) is 6.73 Å². The topological polar surface area (TPSA) is 206 Å². The highest BCUT2D eigenvalue weighted by Gasteiger charge is 2.33. The number of nitro benzene ring substituents is 1. The Labute approximate surface area is 273 Å². The molecule has 0 unspecified atom stereocenters. The van der Waals surface area contributed by atoms with Crippen molar-refractivity contribution in [3.8, 4) is 11.4 Å². The summed E-state index contributed by atoms with van der Waals surface area (Å²) in [6.07, 6.45) is 0.936. The highest BCUT2D eigenvalue weighted by molar-refractivity contribution is 7.98. The molecular formula is C31H32N8O7S. The molecule has 1 aromatic heterocycles. The molecule has 0 aliphatic carbocycles. The number of non-ortho nitro benzene ring substituents is 1. The first kappa shape index (κ1) is 33.2. The molecule has 4 aromatic rings. The van der Waals surface area contributed by atoms with Gasteiger partial charge in [0.25, 0.3) is 23.4 Å². The number of rotatable bonds is 13. The van der Waals surface area contributed by atoms with E-state index in [1.54, 1.807) is 66.4 Å². The second-order valence-corrected chi connectivity index (χ2v) is 11.7. The number of anilines is 1. The Kier molecular flexibility index (Phi) is 10.9. The van der Waals surface area contributed by atoms with Crippen LogP contribution in [0.15, 0.2) is 72.8 Å². The standard InChI is InChI=1S/C31H32N8O7S/c1-47-11-10-24-17-46-18-38(24)31(43)22-13-21(15-25(16-22)39(44)45)29(41)33-26(12-19-6-3-2-4-7-19)27(40)30(42)32-23-9-5-8-20(14-23)28-34-36-37-35-28/h2-9,13-16,24,26-27,40H,10-12,17-18H2,1H3,(H,32,42)(H,33,41)(H,34,35,36,37)/t24-,26-,27-/m0/s1. The normalized spacial score (nSPS) is 15.5. The predicted octanol–water partition coefficient (Wildman–Crippen LogP) is 2.67. The number of H-pyrrole nitrogens is 1. The zero-order valence-corrected chi connectivity index (χ0v) is 26.1. The number of aliphatic hydroxyl groups is 1. The third-order valence-electron chi connectivity index (χ3n) is 7.53. The lowest BCUT2D eigenvalue weighted by atomic mass is 9.99. The van der Waals surface area contributed by atoms with Crippen LogP contribution in [0.5, 0.6) is 0 Å². The molecule has 2 heterocycles. The summed E-state index contributed by atoms with van der Waals surface area (Å²) in [4.78, 5) is 53.0. The number of nitrogens with one attached hydrogen (secondary N) is 3. The van der Waals surface area contributed by atoms with Gasteiger partial charge in [-0.25, -0.2) is 0 Å². The molecule has 16 heteroatoms. The van der Waals surface area contributed by atoms with Crippen molar-refractivity contribution in [2.75, 3.05) is 30.7 Å². The fourth-order valence-electron chi connectivity index (χ4n) is 5.12. The summed E-state index contributed by atoms with van der Waals surface area (Å²) < 4.78 is 5.50. The summed E-state index contributed by atoms with van der Waals surface area (Å²) in [7, 11) is 0. The summed E-state index contributed by atoms with van der Waals surface area (Å²) in [6, 6.07) is 17.6. The largest absolute Gasteiger partial charge is 0.381 e. The third-order valence-corrected chi connectivity index (χ3v) is 8.18. The number of ether oxygens (including phenoxy) is 1. The molecule has 244 valence electrons. The van der Waals surface area contributed by atoms with Crippen LogP contribution in [0.1, 0.15) is 32.7 Å². The Balaban J connectivity index is 1.38. The average Bonchev–Trinajstić information content (AvgIpc) is 3.80. The van der Waals surface area contributed by atoms with Gasteiger partial charge in [-0.15, -0.1) is 10.2 Å². The molecule has 47 heavy (non-hydrogen) atoms. The van der Waals surface area contributed by atoms with Crippen LogP contribution in [0, 0.1) is 10.1 Å². The molecule has 1 saturated heterocycles. The number of nitrogens with zero attached hydrogens (tertiary/aromatic N) is 5. The summed E-state index contributed by atoms with van der Waals surface area (Å²) in [6.45, 7) is 0.373. The molecule has 1 aliphatic rings. The number of hydrogen-bond acceptors (Lipinski definition) is 11. The third kappa shape index (κ3) is 8.35. The maximum atomic E-state index is 13.6. The maximum absolute atomic E-state index is 13.6. The molecule has 0 spiro atoms. The van der Waals surface area contributed by atoms with E-state index in [-0.39, 0.29) is 30.3 Å². The van der Waals surface area contributed by atoms with Crippen molar-refractivity contribution in [3.05, 3.63) is 99.6 Å². The van der Waals surface area contributed by atoms with Gasteiger partial charge in [0.15, 0.2) is 6.10 Å². The molecule has 1 aliphatic heterocycles. The van der Waals surface area contributed by atoms with Gasteiger partial charge in [-0.05, 0) is 53.8 Å². The average molecular weight is 661 g/mol. The molecule has 3 aromatic carbocycles. The Hall–Kier alpha value is -5.19. The van der Waals surface area contributed by atoms with Crippen LogP contribution in [0.3, 0.4) is 0 Å². The molecule has 3 amide bonds. The van der Waals surface area contributed by atoms with Gasteiger partial charge in [-0.2, -0.15) is 17.0 Å². The fraction of sp³-hybridized carbons (Fsp3) is 0.290. The molecule has 0 saturated carbocycles. The lowest BCUT2D eigenvalue weighted by Gasteiger charge is -2.24. The van der Waals surface area contributed by atoms with E-state index in [9.17, 15) is 29.6 Å². The van der Waals surface area contributed by atoms with Crippen molar-refractivity contribution in [1.82, 2.24) is 30.8 Å². The first-order valence-electron chi connectivity index (χ1n) is 14.6. The van der Waals surface area contributed by atoms with Gasteiger partial charge in [0.2, 0.25) is 5.82 Å². The van der Waals surface area contributed by atoms with E-state index in [1.807, 2.05) is 6.26 Å². The molecule has 0 radical (unpaired) electrons. The number of aromatic amines is 1. The minimum Gasteiger partial charge on any atom is -0.381 e. The number of tetrazole rings is 1. The molecular weight excluding hydrogens is 628 g/mol. The summed E-state index contributed by atoms with van der Waals surface area (Å²) in [5.74, 6) is -1.03. The van der Waals surface area contributed by atoms with Gasteiger partial charge in [-0.3, -0.25) is 24.5 Å². The molecule has 0 bridgehead atoms. The van der Waals surface area contributed by atoms with E-state index in [4.69, 9.17) is 4.74 Å². The lowest BCUT2D eigenvalue weighted by Crippen LogP contribution is -2.50. The Morgan fingerprint density at radius 2 is 1.91 bits per heavy atom. The molecule has 4 N–H and O–H groups in total. The van der Waals surface area contributed by atoms with Gasteiger partial charge < -0.3 is 25.4 Å². The van der Waals surface area contributed by atoms with E-state index in [1.165, 1.54) is 11.0 Å². The van der Waals surface area contributed by atoms with E-state index in [2.05, 4.69) is 31.3 Å². The number of amides is 3.